The standard InChI is InChI=1S/C23H33N5O2.HI/c1-17-7-8-19(21(12-17)30-16-18-9-11-29-15-18)13-26-23(24-2)27-14-20-6-5-10-25-22(20)28(3)4;/h5-8,10,12,18H,9,11,13-16H2,1-4H3,(H2,24,26,27);1H. The highest BCUT2D eigenvalue weighted by molar-refractivity contribution is 14.0. The zero-order valence-corrected chi connectivity index (χ0v) is 21.2. The molecule has 1 unspecified atom stereocenters. The number of aromatic nitrogens is 1. The Morgan fingerprint density at radius 1 is 1.23 bits per heavy atom. The van der Waals surface area contributed by atoms with Crippen molar-refractivity contribution in [2.75, 3.05) is 45.9 Å². The monoisotopic (exact) mass is 539 g/mol. The fourth-order valence-electron chi connectivity index (χ4n) is 3.41. The van der Waals surface area contributed by atoms with E-state index in [9.17, 15) is 0 Å². The Kier molecular flexibility index (Phi) is 10.3. The lowest BCUT2D eigenvalue weighted by molar-refractivity contribution is 0.166. The number of aryl methyl sites for hydroxylation is 1. The average Bonchev–Trinajstić information content (AvgIpc) is 3.27. The van der Waals surface area contributed by atoms with Crippen LogP contribution in [0.3, 0.4) is 0 Å². The van der Waals surface area contributed by atoms with Gasteiger partial charge in [0.05, 0.1) is 13.2 Å². The van der Waals surface area contributed by atoms with Crippen LogP contribution in [0.2, 0.25) is 0 Å². The van der Waals surface area contributed by atoms with E-state index >= 15 is 0 Å². The second kappa shape index (κ2) is 12.7. The zero-order valence-electron chi connectivity index (χ0n) is 18.9. The van der Waals surface area contributed by atoms with Crippen LogP contribution in [0.4, 0.5) is 5.82 Å². The van der Waals surface area contributed by atoms with Crippen LogP contribution in [0.1, 0.15) is 23.1 Å². The number of halogens is 1. The fourth-order valence-corrected chi connectivity index (χ4v) is 3.41. The molecule has 0 aliphatic carbocycles. The summed E-state index contributed by atoms with van der Waals surface area (Å²) in [6.07, 6.45) is 2.88. The van der Waals surface area contributed by atoms with Gasteiger partial charge in [0.15, 0.2) is 5.96 Å². The molecule has 3 rings (SSSR count). The predicted molar refractivity (Wildman–Crippen MR) is 137 cm³/mol. The lowest BCUT2D eigenvalue weighted by Gasteiger charge is -2.18. The fraction of sp³-hybridized carbons (Fsp3) is 0.478. The summed E-state index contributed by atoms with van der Waals surface area (Å²) in [5.74, 6) is 3.09. The molecule has 0 amide bonds. The predicted octanol–water partition coefficient (Wildman–Crippen LogP) is 3.35. The third-order valence-electron chi connectivity index (χ3n) is 5.13. The molecule has 170 valence electrons. The molecular formula is C23H34IN5O2. The Balaban J connectivity index is 0.00000341. The van der Waals surface area contributed by atoms with Gasteiger partial charge in [0.1, 0.15) is 11.6 Å². The highest BCUT2D eigenvalue weighted by Crippen LogP contribution is 2.22. The third kappa shape index (κ3) is 7.53. The molecule has 2 aromatic rings. The molecule has 1 fully saturated rings. The minimum absolute atomic E-state index is 0. The van der Waals surface area contributed by atoms with Crippen LogP contribution in [-0.4, -0.2) is 51.9 Å². The van der Waals surface area contributed by atoms with E-state index in [1.165, 1.54) is 5.56 Å². The molecule has 0 bridgehead atoms. The minimum atomic E-state index is 0. The van der Waals surface area contributed by atoms with Crippen molar-refractivity contribution in [1.82, 2.24) is 15.6 Å². The van der Waals surface area contributed by atoms with Crippen molar-refractivity contribution >= 4 is 35.8 Å². The SMILES string of the molecule is CN=C(NCc1ccc(C)cc1OCC1CCOC1)NCc1cccnc1N(C)C.I. The summed E-state index contributed by atoms with van der Waals surface area (Å²) in [6.45, 7) is 5.67. The maximum atomic E-state index is 6.15. The van der Waals surface area contributed by atoms with Gasteiger partial charge in [-0.3, -0.25) is 4.99 Å². The second-order valence-corrected chi connectivity index (χ2v) is 7.81. The summed E-state index contributed by atoms with van der Waals surface area (Å²) in [7, 11) is 5.77. The number of nitrogens with one attached hydrogen (secondary N) is 2. The summed E-state index contributed by atoms with van der Waals surface area (Å²) in [5, 5.41) is 6.77. The first-order valence-electron chi connectivity index (χ1n) is 10.4. The van der Waals surface area contributed by atoms with E-state index in [2.05, 4.69) is 51.8 Å². The lowest BCUT2D eigenvalue weighted by atomic mass is 10.1. The number of anilines is 1. The molecule has 7 nitrogen and oxygen atoms in total. The molecule has 1 aliphatic heterocycles. The van der Waals surface area contributed by atoms with E-state index in [4.69, 9.17) is 9.47 Å². The molecule has 0 radical (unpaired) electrons. The Hall–Kier alpha value is -2.07. The quantitative estimate of drug-likeness (QED) is 0.305. The number of nitrogens with zero attached hydrogens (tertiary/aromatic N) is 3. The lowest BCUT2D eigenvalue weighted by Crippen LogP contribution is -2.36. The van der Waals surface area contributed by atoms with Gasteiger partial charge in [-0.2, -0.15) is 0 Å². The number of guanidine groups is 1. The van der Waals surface area contributed by atoms with Gasteiger partial charge in [-0.05, 0) is 31.0 Å². The molecule has 1 aromatic heterocycles. The molecule has 0 spiro atoms. The van der Waals surface area contributed by atoms with E-state index in [0.29, 0.717) is 25.6 Å². The first kappa shape index (κ1) is 25.2. The Labute approximate surface area is 202 Å². The van der Waals surface area contributed by atoms with Gasteiger partial charge in [0, 0.05) is 64.1 Å². The van der Waals surface area contributed by atoms with E-state index in [-0.39, 0.29) is 24.0 Å². The van der Waals surface area contributed by atoms with Crippen LogP contribution >= 0.6 is 24.0 Å². The van der Waals surface area contributed by atoms with Crippen molar-refractivity contribution in [2.24, 2.45) is 10.9 Å². The number of hydrogen-bond donors (Lipinski definition) is 2. The van der Waals surface area contributed by atoms with Crippen molar-refractivity contribution in [3.8, 4) is 5.75 Å². The van der Waals surface area contributed by atoms with Crippen molar-refractivity contribution in [3.05, 3.63) is 53.2 Å². The number of ether oxygens (including phenoxy) is 2. The van der Waals surface area contributed by atoms with Crippen LogP contribution < -0.4 is 20.3 Å². The normalized spacial score (nSPS) is 15.9. The van der Waals surface area contributed by atoms with Crippen molar-refractivity contribution in [3.63, 3.8) is 0 Å². The number of benzene rings is 1. The van der Waals surface area contributed by atoms with Gasteiger partial charge < -0.3 is 25.0 Å². The summed E-state index contributed by atoms with van der Waals surface area (Å²) in [4.78, 5) is 10.8. The molecule has 0 saturated carbocycles. The van der Waals surface area contributed by atoms with Crippen molar-refractivity contribution in [1.29, 1.82) is 0 Å². The van der Waals surface area contributed by atoms with E-state index in [1.807, 2.05) is 31.3 Å². The van der Waals surface area contributed by atoms with Gasteiger partial charge in [0.25, 0.3) is 0 Å². The van der Waals surface area contributed by atoms with Gasteiger partial charge in [-0.25, -0.2) is 4.98 Å². The highest BCUT2D eigenvalue weighted by atomic mass is 127. The zero-order chi connectivity index (χ0) is 21.3. The Bertz CT molecular complexity index is 854. The summed E-state index contributed by atoms with van der Waals surface area (Å²) in [6, 6.07) is 10.3. The van der Waals surface area contributed by atoms with Gasteiger partial charge in [-0.15, -0.1) is 24.0 Å². The summed E-state index contributed by atoms with van der Waals surface area (Å²) < 4.78 is 11.6. The smallest absolute Gasteiger partial charge is 0.191 e. The van der Waals surface area contributed by atoms with Crippen LogP contribution in [0.25, 0.3) is 0 Å². The van der Waals surface area contributed by atoms with Gasteiger partial charge in [-0.1, -0.05) is 18.2 Å². The van der Waals surface area contributed by atoms with Gasteiger partial charge in [0.2, 0.25) is 0 Å². The van der Waals surface area contributed by atoms with E-state index in [1.54, 1.807) is 7.05 Å². The van der Waals surface area contributed by atoms with Crippen molar-refractivity contribution < 1.29 is 9.47 Å². The van der Waals surface area contributed by atoms with Crippen LogP contribution in [0.5, 0.6) is 5.75 Å². The minimum Gasteiger partial charge on any atom is -0.493 e. The molecule has 1 saturated heterocycles. The molecule has 31 heavy (non-hydrogen) atoms. The third-order valence-corrected chi connectivity index (χ3v) is 5.13. The number of aliphatic imine (C=N–C) groups is 1. The molecule has 1 aromatic carbocycles. The molecule has 1 atom stereocenters. The first-order chi connectivity index (χ1) is 14.6. The second-order valence-electron chi connectivity index (χ2n) is 7.81. The van der Waals surface area contributed by atoms with Crippen molar-refractivity contribution in [2.45, 2.75) is 26.4 Å². The topological polar surface area (TPSA) is 71.0 Å². The molecule has 1 aliphatic rings. The van der Waals surface area contributed by atoms with Crippen LogP contribution in [0, 0.1) is 12.8 Å². The van der Waals surface area contributed by atoms with Crippen LogP contribution in [-0.2, 0) is 17.8 Å². The maximum Gasteiger partial charge on any atom is 0.191 e. The van der Waals surface area contributed by atoms with E-state index in [0.717, 1.165) is 48.3 Å². The molecule has 2 N–H and O–H groups in total. The average molecular weight is 539 g/mol. The molecule has 8 heteroatoms. The van der Waals surface area contributed by atoms with Gasteiger partial charge >= 0.3 is 0 Å². The maximum absolute atomic E-state index is 6.15. The Morgan fingerprint density at radius 3 is 2.68 bits per heavy atom. The summed E-state index contributed by atoms with van der Waals surface area (Å²) in [5.41, 5.74) is 3.41. The number of hydrogen-bond acceptors (Lipinski definition) is 5. The van der Waals surface area contributed by atoms with Crippen LogP contribution in [0.15, 0.2) is 41.5 Å². The van der Waals surface area contributed by atoms with E-state index < -0.39 is 0 Å². The number of rotatable bonds is 8. The highest BCUT2D eigenvalue weighted by Gasteiger charge is 2.17. The number of pyridine rings is 1. The first-order valence-corrected chi connectivity index (χ1v) is 10.4. The Morgan fingerprint density at radius 2 is 2.00 bits per heavy atom. The molecule has 2 heterocycles. The molecular weight excluding hydrogens is 505 g/mol. The largest absolute Gasteiger partial charge is 0.493 e. The summed E-state index contributed by atoms with van der Waals surface area (Å²) >= 11 is 0.